The Balaban J connectivity index is 1.77. The minimum absolute atomic E-state index is 0.0283. The Kier molecular flexibility index (Phi) is 4.75. The lowest BCUT2D eigenvalue weighted by atomic mass is 10.1. The number of hydrogen-bond acceptors (Lipinski definition) is 4. The number of benzene rings is 1. The van der Waals surface area contributed by atoms with Crippen molar-refractivity contribution in [3.8, 4) is 0 Å². The molecule has 0 amide bonds. The largest absolute Gasteiger partial charge is 0.453 e. The maximum Gasteiger partial charge on any atom is 0.355 e. The van der Waals surface area contributed by atoms with E-state index in [1.165, 1.54) is 0 Å². The highest BCUT2D eigenvalue weighted by atomic mass is 16.5. The zero-order valence-electron chi connectivity index (χ0n) is 15.0. The number of nitrogens with zero attached hydrogens (tertiary/aromatic N) is 1. The fraction of sp³-hybridized carbons (Fsp3) is 0.250. The number of aromatic nitrogens is 2. The van der Waals surface area contributed by atoms with Gasteiger partial charge in [0, 0.05) is 28.9 Å². The summed E-state index contributed by atoms with van der Waals surface area (Å²) in [7, 11) is 0. The molecule has 0 saturated carbocycles. The number of nitrogens with one attached hydrogen (secondary N) is 1. The van der Waals surface area contributed by atoms with E-state index < -0.39 is 5.97 Å². The number of carbonyl (C=O) groups excluding carboxylic acids is 2. The van der Waals surface area contributed by atoms with Crippen LogP contribution in [0.2, 0.25) is 0 Å². The predicted molar refractivity (Wildman–Crippen MR) is 98.8 cm³/mol. The summed E-state index contributed by atoms with van der Waals surface area (Å²) in [4.78, 5) is 39.2. The summed E-state index contributed by atoms with van der Waals surface area (Å²) in [5.41, 5.74) is 2.04. The van der Waals surface area contributed by atoms with Crippen LogP contribution in [0.4, 0.5) is 0 Å². The summed E-state index contributed by atoms with van der Waals surface area (Å²) in [6, 6.07) is 10.3. The zero-order chi connectivity index (χ0) is 18.8. The van der Waals surface area contributed by atoms with E-state index in [-0.39, 0.29) is 23.6 Å². The van der Waals surface area contributed by atoms with Crippen molar-refractivity contribution in [1.82, 2.24) is 9.55 Å². The van der Waals surface area contributed by atoms with E-state index in [0.717, 1.165) is 17.9 Å². The number of ether oxygens (including phenoxy) is 1. The molecule has 0 unspecified atom stereocenters. The summed E-state index contributed by atoms with van der Waals surface area (Å²) in [6.07, 6.45) is 0. The van der Waals surface area contributed by atoms with Gasteiger partial charge in [0.05, 0.1) is 0 Å². The molecular weight excluding hydrogens is 332 g/mol. The average molecular weight is 352 g/mol. The highest BCUT2D eigenvalue weighted by Crippen LogP contribution is 2.16. The third-order valence-corrected chi connectivity index (χ3v) is 4.50. The van der Waals surface area contributed by atoms with Crippen molar-refractivity contribution >= 4 is 22.5 Å². The second-order valence-electron chi connectivity index (χ2n) is 6.13. The SMILES string of the molecule is CCn1c(C)cc(C(=O)COC(=O)c2cc3ccccc3c(=O)[nH]2)c1C. The number of pyridine rings is 1. The first kappa shape index (κ1) is 17.7. The highest BCUT2D eigenvalue weighted by molar-refractivity contribution is 6.00. The number of hydrogen-bond donors (Lipinski definition) is 1. The van der Waals surface area contributed by atoms with Crippen LogP contribution in [-0.4, -0.2) is 27.9 Å². The Hall–Kier alpha value is -3.15. The van der Waals surface area contributed by atoms with Crippen molar-refractivity contribution < 1.29 is 14.3 Å². The van der Waals surface area contributed by atoms with Gasteiger partial charge < -0.3 is 14.3 Å². The van der Waals surface area contributed by atoms with Crippen LogP contribution < -0.4 is 5.56 Å². The molecule has 0 spiro atoms. The van der Waals surface area contributed by atoms with Gasteiger partial charge in [0.2, 0.25) is 5.78 Å². The number of fused-ring (bicyclic) bond motifs is 1. The molecule has 0 aliphatic carbocycles. The van der Waals surface area contributed by atoms with Crippen LogP contribution in [0.25, 0.3) is 10.8 Å². The number of Topliss-reactive ketones (excluding diaryl/α,β-unsaturated/α-hetero) is 1. The van der Waals surface area contributed by atoms with Crippen molar-refractivity contribution in [2.24, 2.45) is 0 Å². The number of H-pyrrole nitrogens is 1. The zero-order valence-corrected chi connectivity index (χ0v) is 15.0. The first-order valence-corrected chi connectivity index (χ1v) is 8.41. The minimum Gasteiger partial charge on any atom is -0.453 e. The van der Waals surface area contributed by atoms with E-state index in [1.807, 2.05) is 25.3 Å². The van der Waals surface area contributed by atoms with Crippen LogP contribution >= 0.6 is 0 Å². The molecule has 0 aliphatic rings. The Morgan fingerprint density at radius 1 is 1.15 bits per heavy atom. The lowest BCUT2D eigenvalue weighted by Crippen LogP contribution is -2.19. The Bertz CT molecular complexity index is 1060. The van der Waals surface area contributed by atoms with Crippen molar-refractivity contribution in [2.75, 3.05) is 6.61 Å². The molecule has 3 rings (SSSR count). The van der Waals surface area contributed by atoms with Gasteiger partial charge in [-0.05, 0) is 44.4 Å². The molecule has 0 bridgehead atoms. The van der Waals surface area contributed by atoms with Crippen LogP contribution in [0, 0.1) is 13.8 Å². The van der Waals surface area contributed by atoms with E-state index >= 15 is 0 Å². The molecule has 3 aromatic rings. The minimum atomic E-state index is -0.731. The molecule has 0 saturated heterocycles. The lowest BCUT2D eigenvalue weighted by molar-refractivity contribution is 0.0468. The van der Waals surface area contributed by atoms with Gasteiger partial charge in [-0.15, -0.1) is 0 Å². The number of carbonyl (C=O) groups is 2. The molecule has 2 heterocycles. The third-order valence-electron chi connectivity index (χ3n) is 4.50. The quantitative estimate of drug-likeness (QED) is 0.565. The monoisotopic (exact) mass is 352 g/mol. The van der Waals surface area contributed by atoms with Gasteiger partial charge in [0.15, 0.2) is 6.61 Å². The predicted octanol–water partition coefficient (Wildman–Crippen LogP) is 3.01. The van der Waals surface area contributed by atoms with Gasteiger partial charge in [0.1, 0.15) is 5.69 Å². The van der Waals surface area contributed by atoms with E-state index in [0.29, 0.717) is 16.3 Å². The van der Waals surface area contributed by atoms with Gasteiger partial charge in [-0.2, -0.15) is 0 Å². The molecule has 6 nitrogen and oxygen atoms in total. The van der Waals surface area contributed by atoms with E-state index in [4.69, 9.17) is 4.74 Å². The molecule has 26 heavy (non-hydrogen) atoms. The van der Waals surface area contributed by atoms with Crippen LogP contribution in [0.15, 0.2) is 41.2 Å². The summed E-state index contributed by atoms with van der Waals surface area (Å²) in [5.74, 6) is -1.00. The normalized spacial score (nSPS) is 10.9. The fourth-order valence-corrected chi connectivity index (χ4v) is 3.18. The summed E-state index contributed by atoms with van der Waals surface area (Å²) >= 11 is 0. The number of ketones is 1. The van der Waals surface area contributed by atoms with Gasteiger partial charge in [-0.25, -0.2) is 4.79 Å². The molecule has 0 fully saturated rings. The van der Waals surface area contributed by atoms with Gasteiger partial charge in [-0.1, -0.05) is 18.2 Å². The number of esters is 1. The summed E-state index contributed by atoms with van der Waals surface area (Å²) < 4.78 is 7.14. The molecule has 1 aromatic carbocycles. The topological polar surface area (TPSA) is 81.2 Å². The smallest absolute Gasteiger partial charge is 0.355 e. The number of rotatable bonds is 5. The molecular formula is C20H20N2O4. The van der Waals surface area contributed by atoms with Gasteiger partial charge in [0.25, 0.3) is 5.56 Å². The Morgan fingerprint density at radius 2 is 1.88 bits per heavy atom. The first-order valence-electron chi connectivity index (χ1n) is 8.41. The molecule has 0 aliphatic heterocycles. The Labute approximate surface area is 150 Å². The van der Waals surface area contributed by atoms with E-state index in [1.54, 1.807) is 36.4 Å². The molecule has 6 heteroatoms. The van der Waals surface area contributed by atoms with Crippen LogP contribution in [-0.2, 0) is 11.3 Å². The average Bonchev–Trinajstić information content (AvgIpc) is 2.93. The first-order chi connectivity index (χ1) is 12.4. The molecule has 134 valence electrons. The molecule has 2 aromatic heterocycles. The van der Waals surface area contributed by atoms with Gasteiger partial charge in [-0.3, -0.25) is 9.59 Å². The van der Waals surface area contributed by atoms with Crippen molar-refractivity contribution in [1.29, 1.82) is 0 Å². The highest BCUT2D eigenvalue weighted by Gasteiger charge is 2.18. The Morgan fingerprint density at radius 3 is 2.58 bits per heavy atom. The molecule has 0 atom stereocenters. The van der Waals surface area contributed by atoms with Crippen molar-refractivity contribution in [3.05, 3.63) is 69.4 Å². The summed E-state index contributed by atoms with van der Waals surface area (Å²) in [6.45, 7) is 6.20. The molecule has 1 N–H and O–H groups in total. The van der Waals surface area contributed by atoms with Crippen LogP contribution in [0.5, 0.6) is 0 Å². The van der Waals surface area contributed by atoms with Crippen molar-refractivity contribution in [3.63, 3.8) is 0 Å². The lowest BCUT2D eigenvalue weighted by Gasteiger charge is -2.07. The van der Waals surface area contributed by atoms with E-state index in [2.05, 4.69) is 4.98 Å². The van der Waals surface area contributed by atoms with Crippen LogP contribution in [0.1, 0.15) is 39.2 Å². The third kappa shape index (κ3) is 3.18. The second-order valence-corrected chi connectivity index (χ2v) is 6.13. The molecule has 0 radical (unpaired) electrons. The number of aryl methyl sites for hydroxylation is 1. The van der Waals surface area contributed by atoms with Crippen LogP contribution in [0.3, 0.4) is 0 Å². The standard InChI is InChI=1S/C20H20N2O4/c1-4-22-12(2)9-16(13(22)3)18(23)11-26-20(25)17-10-14-7-5-6-8-15(14)19(24)21-17/h5-10H,4,11H2,1-3H3,(H,21,24). The maximum atomic E-state index is 12.4. The second kappa shape index (κ2) is 7.00. The number of aromatic amines is 1. The van der Waals surface area contributed by atoms with E-state index in [9.17, 15) is 14.4 Å². The van der Waals surface area contributed by atoms with Crippen molar-refractivity contribution in [2.45, 2.75) is 27.3 Å². The van der Waals surface area contributed by atoms with Gasteiger partial charge >= 0.3 is 5.97 Å². The summed E-state index contributed by atoms with van der Waals surface area (Å²) in [5, 5.41) is 1.13. The maximum absolute atomic E-state index is 12.4. The fourth-order valence-electron chi connectivity index (χ4n) is 3.18.